The molecule has 0 radical (unpaired) electrons. The first kappa shape index (κ1) is 14.8. The number of benzene rings is 2. The van der Waals surface area contributed by atoms with Crippen molar-refractivity contribution in [2.75, 3.05) is 0 Å². The Bertz CT molecular complexity index is 472. The van der Waals surface area contributed by atoms with E-state index in [4.69, 9.17) is 11.6 Å². The van der Waals surface area contributed by atoms with Crippen LogP contribution in [0.2, 0.25) is 5.02 Å². The lowest BCUT2D eigenvalue weighted by molar-refractivity contribution is 0.494. The summed E-state index contributed by atoms with van der Waals surface area (Å²) in [6.45, 7) is 4.36. The van der Waals surface area contributed by atoms with Crippen LogP contribution in [-0.2, 0) is 0 Å². The molecule has 0 bridgehead atoms. The number of hydrogen-bond donors (Lipinski definition) is 1. The molecule has 0 aromatic heterocycles. The summed E-state index contributed by atoms with van der Waals surface area (Å²) < 4.78 is 1.26. The fourth-order valence-corrected chi connectivity index (χ4v) is 2.56. The number of rotatable bonds is 4. The highest BCUT2D eigenvalue weighted by atomic mass is 127. The van der Waals surface area contributed by atoms with Gasteiger partial charge in [-0.15, -0.1) is 0 Å². The van der Waals surface area contributed by atoms with Gasteiger partial charge in [-0.25, -0.2) is 0 Å². The molecule has 0 amide bonds. The van der Waals surface area contributed by atoms with Gasteiger partial charge in [-0.3, -0.25) is 0 Å². The predicted octanol–water partition coefficient (Wildman–Crippen LogP) is 5.36. The molecule has 0 saturated carbocycles. The summed E-state index contributed by atoms with van der Waals surface area (Å²) >= 11 is 8.24. The second-order valence-corrected chi connectivity index (χ2v) is 6.40. The maximum atomic E-state index is 5.91. The van der Waals surface area contributed by atoms with Crippen molar-refractivity contribution in [2.24, 2.45) is 0 Å². The maximum Gasteiger partial charge on any atom is 0.0406 e. The Kier molecular flexibility index (Phi) is 5.25. The minimum atomic E-state index is 0.298. The SMILES string of the molecule is CC(N[C@H](C)c1ccc(Cl)cc1)c1ccc(I)cc1. The highest BCUT2D eigenvalue weighted by Crippen LogP contribution is 2.21. The van der Waals surface area contributed by atoms with Crippen molar-refractivity contribution in [3.05, 3.63) is 68.3 Å². The zero-order chi connectivity index (χ0) is 13.8. The molecule has 1 unspecified atom stereocenters. The van der Waals surface area contributed by atoms with Gasteiger partial charge in [0, 0.05) is 20.7 Å². The smallest absolute Gasteiger partial charge is 0.0406 e. The molecule has 100 valence electrons. The first-order valence-electron chi connectivity index (χ1n) is 6.33. The van der Waals surface area contributed by atoms with Crippen LogP contribution in [0.15, 0.2) is 48.5 Å². The highest BCUT2D eigenvalue weighted by Gasteiger charge is 2.10. The Morgan fingerprint density at radius 1 is 0.842 bits per heavy atom. The van der Waals surface area contributed by atoms with Crippen molar-refractivity contribution in [1.29, 1.82) is 0 Å². The lowest BCUT2D eigenvalue weighted by Gasteiger charge is -2.21. The van der Waals surface area contributed by atoms with E-state index in [2.05, 4.69) is 78.2 Å². The molecule has 19 heavy (non-hydrogen) atoms. The van der Waals surface area contributed by atoms with Crippen LogP contribution in [-0.4, -0.2) is 0 Å². The van der Waals surface area contributed by atoms with Crippen molar-refractivity contribution >= 4 is 34.2 Å². The maximum absolute atomic E-state index is 5.91. The Morgan fingerprint density at radius 2 is 1.26 bits per heavy atom. The molecule has 2 aromatic carbocycles. The minimum Gasteiger partial charge on any atom is -0.304 e. The fourth-order valence-electron chi connectivity index (χ4n) is 2.07. The van der Waals surface area contributed by atoms with E-state index in [-0.39, 0.29) is 0 Å². The monoisotopic (exact) mass is 385 g/mol. The van der Waals surface area contributed by atoms with Crippen LogP contribution >= 0.6 is 34.2 Å². The normalized spacial score (nSPS) is 14.1. The molecular weight excluding hydrogens is 369 g/mol. The highest BCUT2D eigenvalue weighted by molar-refractivity contribution is 14.1. The third-order valence-electron chi connectivity index (χ3n) is 3.24. The number of hydrogen-bond acceptors (Lipinski definition) is 1. The van der Waals surface area contributed by atoms with Crippen molar-refractivity contribution in [1.82, 2.24) is 5.32 Å². The van der Waals surface area contributed by atoms with Gasteiger partial charge >= 0.3 is 0 Å². The van der Waals surface area contributed by atoms with Gasteiger partial charge in [0.15, 0.2) is 0 Å². The molecular formula is C16H17ClIN. The average molecular weight is 386 g/mol. The van der Waals surface area contributed by atoms with E-state index in [0.29, 0.717) is 12.1 Å². The topological polar surface area (TPSA) is 12.0 Å². The molecule has 2 rings (SSSR count). The Labute approximate surface area is 133 Å². The molecule has 0 heterocycles. The lowest BCUT2D eigenvalue weighted by atomic mass is 10.0. The molecule has 0 aliphatic rings. The van der Waals surface area contributed by atoms with Gasteiger partial charge in [0.05, 0.1) is 0 Å². The zero-order valence-electron chi connectivity index (χ0n) is 11.0. The Balaban J connectivity index is 2.03. The van der Waals surface area contributed by atoms with Gasteiger partial charge in [-0.05, 0) is 71.8 Å². The summed E-state index contributed by atoms with van der Waals surface area (Å²) in [5, 5.41) is 4.39. The summed E-state index contributed by atoms with van der Waals surface area (Å²) in [7, 11) is 0. The van der Waals surface area contributed by atoms with Crippen molar-refractivity contribution in [2.45, 2.75) is 25.9 Å². The van der Waals surface area contributed by atoms with Crippen LogP contribution in [0, 0.1) is 3.57 Å². The van der Waals surface area contributed by atoms with Crippen LogP contribution in [0.3, 0.4) is 0 Å². The molecule has 1 nitrogen and oxygen atoms in total. The summed E-state index contributed by atoms with van der Waals surface area (Å²) in [5.74, 6) is 0. The van der Waals surface area contributed by atoms with Gasteiger partial charge in [-0.1, -0.05) is 35.9 Å². The van der Waals surface area contributed by atoms with Gasteiger partial charge < -0.3 is 5.32 Å². The third-order valence-corrected chi connectivity index (χ3v) is 4.21. The summed E-state index contributed by atoms with van der Waals surface area (Å²) in [5.41, 5.74) is 2.56. The van der Waals surface area contributed by atoms with E-state index in [1.807, 2.05) is 12.1 Å². The van der Waals surface area contributed by atoms with E-state index in [1.54, 1.807) is 0 Å². The van der Waals surface area contributed by atoms with Crippen LogP contribution in [0.25, 0.3) is 0 Å². The van der Waals surface area contributed by atoms with Gasteiger partial charge in [0.25, 0.3) is 0 Å². The molecule has 0 saturated heterocycles. The van der Waals surface area contributed by atoms with Crippen molar-refractivity contribution in [3.63, 3.8) is 0 Å². The van der Waals surface area contributed by atoms with Crippen molar-refractivity contribution < 1.29 is 0 Å². The molecule has 3 heteroatoms. The van der Waals surface area contributed by atoms with E-state index in [0.717, 1.165) is 5.02 Å². The van der Waals surface area contributed by atoms with Crippen LogP contribution in [0.1, 0.15) is 37.1 Å². The van der Waals surface area contributed by atoms with Crippen molar-refractivity contribution in [3.8, 4) is 0 Å². The summed E-state index contributed by atoms with van der Waals surface area (Å²) in [4.78, 5) is 0. The largest absolute Gasteiger partial charge is 0.304 e. The fraction of sp³-hybridized carbons (Fsp3) is 0.250. The standard InChI is InChI=1S/C16H17ClIN/c1-11(13-3-7-15(17)8-4-13)19-12(2)14-5-9-16(18)10-6-14/h3-12,19H,1-2H3/t11-,12?/m1/s1. The first-order valence-corrected chi connectivity index (χ1v) is 7.79. The van der Waals surface area contributed by atoms with E-state index >= 15 is 0 Å². The Morgan fingerprint density at radius 3 is 1.74 bits per heavy atom. The number of nitrogens with one attached hydrogen (secondary N) is 1. The first-order chi connectivity index (χ1) is 9.06. The predicted molar refractivity (Wildman–Crippen MR) is 90.6 cm³/mol. The minimum absolute atomic E-state index is 0.298. The molecule has 2 atom stereocenters. The molecule has 0 fully saturated rings. The van der Waals surface area contributed by atoms with E-state index < -0.39 is 0 Å². The van der Waals surface area contributed by atoms with E-state index in [1.165, 1.54) is 14.7 Å². The van der Waals surface area contributed by atoms with Crippen LogP contribution in [0.4, 0.5) is 0 Å². The van der Waals surface area contributed by atoms with E-state index in [9.17, 15) is 0 Å². The second-order valence-electron chi connectivity index (χ2n) is 4.71. The molecule has 0 aliphatic heterocycles. The zero-order valence-corrected chi connectivity index (χ0v) is 13.9. The quantitative estimate of drug-likeness (QED) is 0.699. The molecule has 0 spiro atoms. The third kappa shape index (κ3) is 4.20. The Hall–Kier alpha value is -0.580. The molecule has 1 N–H and O–H groups in total. The van der Waals surface area contributed by atoms with Gasteiger partial charge in [0.1, 0.15) is 0 Å². The molecule has 2 aromatic rings. The average Bonchev–Trinajstić information content (AvgIpc) is 2.40. The molecule has 0 aliphatic carbocycles. The summed E-state index contributed by atoms with van der Waals surface area (Å²) in [6.07, 6.45) is 0. The van der Waals surface area contributed by atoms with Crippen LogP contribution < -0.4 is 5.32 Å². The van der Waals surface area contributed by atoms with Gasteiger partial charge in [-0.2, -0.15) is 0 Å². The lowest BCUT2D eigenvalue weighted by Crippen LogP contribution is -2.22. The second kappa shape index (κ2) is 6.73. The summed E-state index contributed by atoms with van der Waals surface area (Å²) in [6, 6.07) is 17.3. The number of halogens is 2. The van der Waals surface area contributed by atoms with Crippen LogP contribution in [0.5, 0.6) is 0 Å². The van der Waals surface area contributed by atoms with Gasteiger partial charge in [0.2, 0.25) is 0 Å².